The van der Waals surface area contributed by atoms with E-state index in [1.807, 2.05) is 48.5 Å². The minimum absolute atomic E-state index is 0.741. The van der Waals surface area contributed by atoms with Crippen LogP contribution in [-0.2, 0) is 6.42 Å². The third kappa shape index (κ3) is 3.51. The van der Waals surface area contributed by atoms with Gasteiger partial charge in [-0.25, -0.2) is 4.98 Å². The second-order valence-electron chi connectivity index (χ2n) is 4.78. The molecule has 0 fully saturated rings. The Morgan fingerprint density at radius 1 is 1.09 bits per heavy atom. The molecule has 0 aliphatic carbocycles. The summed E-state index contributed by atoms with van der Waals surface area (Å²) in [6.45, 7) is 2.15. The van der Waals surface area contributed by atoms with Gasteiger partial charge in [0.2, 0.25) is 0 Å². The number of thiazole rings is 1. The molecule has 0 bridgehead atoms. The van der Waals surface area contributed by atoms with E-state index < -0.39 is 0 Å². The molecule has 0 radical (unpaired) electrons. The quantitative estimate of drug-likeness (QED) is 0.545. The lowest BCUT2D eigenvalue weighted by Crippen LogP contribution is -1.89. The Morgan fingerprint density at radius 3 is 2.41 bits per heavy atom. The fourth-order valence-electron chi connectivity index (χ4n) is 2.13. The summed E-state index contributed by atoms with van der Waals surface area (Å²) in [5.74, 6) is 0. The molecule has 0 aliphatic heterocycles. The zero-order valence-electron chi connectivity index (χ0n) is 11.9. The van der Waals surface area contributed by atoms with Gasteiger partial charge in [-0.2, -0.15) is 0 Å². The first-order chi connectivity index (χ1) is 10.7. The molecule has 0 amide bonds. The van der Waals surface area contributed by atoms with Crippen molar-refractivity contribution in [2.45, 2.75) is 13.3 Å². The van der Waals surface area contributed by atoms with Crippen molar-refractivity contribution in [1.29, 1.82) is 0 Å². The largest absolute Gasteiger partial charge is 0.332 e. The van der Waals surface area contributed by atoms with E-state index in [1.54, 1.807) is 11.3 Å². The van der Waals surface area contributed by atoms with E-state index in [0.717, 1.165) is 38.0 Å². The van der Waals surface area contributed by atoms with Crippen LogP contribution in [-0.4, -0.2) is 4.98 Å². The van der Waals surface area contributed by atoms with Gasteiger partial charge in [0.05, 0.1) is 5.69 Å². The molecule has 3 rings (SSSR count). The topological polar surface area (TPSA) is 24.9 Å². The van der Waals surface area contributed by atoms with Gasteiger partial charge < -0.3 is 5.32 Å². The average Bonchev–Trinajstić information content (AvgIpc) is 2.93. The summed E-state index contributed by atoms with van der Waals surface area (Å²) in [4.78, 5) is 6.02. The van der Waals surface area contributed by atoms with E-state index in [0.29, 0.717) is 0 Å². The molecule has 2 nitrogen and oxygen atoms in total. The van der Waals surface area contributed by atoms with E-state index in [9.17, 15) is 0 Å². The summed E-state index contributed by atoms with van der Waals surface area (Å²) in [5.41, 5.74) is 3.16. The molecule has 3 aromatic rings. The molecule has 0 saturated carbocycles. The van der Waals surface area contributed by atoms with Gasteiger partial charge in [-0.15, -0.1) is 11.3 Å². The second kappa shape index (κ2) is 6.82. The van der Waals surface area contributed by atoms with Crippen LogP contribution in [0, 0.1) is 0 Å². The van der Waals surface area contributed by atoms with E-state index in [4.69, 9.17) is 16.6 Å². The first-order valence-electron chi connectivity index (χ1n) is 6.94. The maximum Gasteiger partial charge on any atom is 0.187 e. The summed E-state index contributed by atoms with van der Waals surface area (Å²) < 4.78 is 1.06. The van der Waals surface area contributed by atoms with E-state index in [1.165, 1.54) is 4.88 Å². The van der Waals surface area contributed by atoms with Crippen LogP contribution < -0.4 is 5.32 Å². The van der Waals surface area contributed by atoms with Crippen molar-refractivity contribution in [2.75, 3.05) is 5.32 Å². The number of hydrogen-bond acceptors (Lipinski definition) is 3. The summed E-state index contributed by atoms with van der Waals surface area (Å²) in [7, 11) is 0. The fraction of sp³-hybridized carbons (Fsp3) is 0.118. The Kier molecular flexibility index (Phi) is 4.81. The molecule has 0 aliphatic rings. The molecule has 112 valence electrons. The van der Waals surface area contributed by atoms with Crippen LogP contribution >= 0.6 is 38.9 Å². The number of hydrogen-bond donors (Lipinski definition) is 1. The van der Waals surface area contributed by atoms with E-state index in [2.05, 4.69) is 28.2 Å². The van der Waals surface area contributed by atoms with E-state index in [-0.39, 0.29) is 0 Å². The number of aryl methyl sites for hydroxylation is 1. The zero-order valence-corrected chi connectivity index (χ0v) is 15.1. The van der Waals surface area contributed by atoms with Crippen molar-refractivity contribution >= 4 is 49.7 Å². The van der Waals surface area contributed by atoms with Crippen molar-refractivity contribution in [3.63, 3.8) is 0 Å². The van der Waals surface area contributed by atoms with Gasteiger partial charge >= 0.3 is 0 Å². The highest BCUT2D eigenvalue weighted by atomic mass is 79.9. The highest BCUT2D eigenvalue weighted by Gasteiger charge is 2.12. The third-order valence-electron chi connectivity index (χ3n) is 3.23. The predicted octanol–water partition coefficient (Wildman–Crippen LogP) is 6.53. The van der Waals surface area contributed by atoms with Crippen LogP contribution in [0.3, 0.4) is 0 Å². The van der Waals surface area contributed by atoms with Crippen molar-refractivity contribution in [3.05, 3.63) is 62.9 Å². The van der Waals surface area contributed by atoms with Crippen LogP contribution in [0.4, 0.5) is 10.8 Å². The van der Waals surface area contributed by atoms with Crippen molar-refractivity contribution in [3.8, 4) is 11.3 Å². The van der Waals surface area contributed by atoms with Crippen LogP contribution in [0.25, 0.3) is 11.3 Å². The van der Waals surface area contributed by atoms with Crippen molar-refractivity contribution < 1.29 is 0 Å². The molecule has 22 heavy (non-hydrogen) atoms. The molecule has 0 saturated heterocycles. The zero-order chi connectivity index (χ0) is 15.5. The first kappa shape index (κ1) is 15.5. The number of halogens is 2. The minimum Gasteiger partial charge on any atom is -0.332 e. The Balaban J connectivity index is 1.90. The number of anilines is 2. The third-order valence-corrected chi connectivity index (χ3v) is 5.13. The molecule has 5 heteroatoms. The van der Waals surface area contributed by atoms with Gasteiger partial charge in [0, 0.05) is 25.6 Å². The maximum absolute atomic E-state index is 5.96. The number of nitrogens with zero attached hydrogens (tertiary/aromatic N) is 1. The minimum atomic E-state index is 0.741. The number of rotatable bonds is 4. The van der Waals surface area contributed by atoms with Gasteiger partial charge in [0.1, 0.15) is 0 Å². The Hall–Kier alpha value is -1.36. The lowest BCUT2D eigenvalue weighted by Gasteiger charge is -2.02. The molecular weight excluding hydrogens is 380 g/mol. The lowest BCUT2D eigenvalue weighted by molar-refractivity contribution is 1.17. The van der Waals surface area contributed by atoms with Gasteiger partial charge in [-0.1, -0.05) is 46.6 Å². The lowest BCUT2D eigenvalue weighted by atomic mass is 10.1. The van der Waals surface area contributed by atoms with Crippen LogP contribution in [0.15, 0.2) is 53.0 Å². The normalized spacial score (nSPS) is 10.7. The van der Waals surface area contributed by atoms with Gasteiger partial charge in [-0.05, 0) is 42.8 Å². The molecule has 2 aromatic carbocycles. The summed E-state index contributed by atoms with van der Waals surface area (Å²) in [6, 6.07) is 15.9. The molecule has 1 aromatic heterocycles. The molecule has 0 unspecified atom stereocenters. The SMILES string of the molecule is CCc1sc(Nc2ccc(Br)cc2)nc1-c1ccc(Cl)cc1. The number of nitrogens with one attached hydrogen (secondary N) is 1. The van der Waals surface area contributed by atoms with Crippen LogP contribution in [0.2, 0.25) is 5.02 Å². The molecule has 1 N–H and O–H groups in total. The summed E-state index contributed by atoms with van der Waals surface area (Å²) in [5, 5.41) is 5.02. The number of benzene rings is 2. The highest BCUT2D eigenvalue weighted by molar-refractivity contribution is 9.10. The molecule has 0 spiro atoms. The second-order valence-corrected chi connectivity index (χ2v) is 7.22. The van der Waals surface area contributed by atoms with E-state index >= 15 is 0 Å². The van der Waals surface area contributed by atoms with Gasteiger partial charge in [0.25, 0.3) is 0 Å². The van der Waals surface area contributed by atoms with Crippen molar-refractivity contribution in [1.82, 2.24) is 4.98 Å². The Morgan fingerprint density at radius 2 is 1.77 bits per heavy atom. The maximum atomic E-state index is 5.96. The average molecular weight is 394 g/mol. The molecular formula is C17H14BrClN2S. The Bertz CT molecular complexity index is 766. The summed E-state index contributed by atoms with van der Waals surface area (Å²) in [6.07, 6.45) is 0.956. The Labute approximate surface area is 147 Å². The standard InChI is InChI=1S/C17H14BrClN2S/c1-2-15-16(11-3-7-13(19)8-4-11)21-17(22-15)20-14-9-5-12(18)6-10-14/h3-10H,2H2,1H3,(H,20,21). The summed E-state index contributed by atoms with van der Waals surface area (Å²) >= 11 is 11.1. The first-order valence-corrected chi connectivity index (χ1v) is 8.92. The van der Waals surface area contributed by atoms with Gasteiger partial charge in [-0.3, -0.25) is 0 Å². The monoisotopic (exact) mass is 392 g/mol. The molecule has 0 atom stereocenters. The highest BCUT2D eigenvalue weighted by Crippen LogP contribution is 2.33. The van der Waals surface area contributed by atoms with Gasteiger partial charge in [0.15, 0.2) is 5.13 Å². The fourth-order valence-corrected chi connectivity index (χ4v) is 3.47. The number of aromatic nitrogens is 1. The van der Waals surface area contributed by atoms with Crippen molar-refractivity contribution in [2.24, 2.45) is 0 Å². The molecule has 1 heterocycles. The predicted molar refractivity (Wildman–Crippen MR) is 99.4 cm³/mol. The smallest absolute Gasteiger partial charge is 0.187 e. The van der Waals surface area contributed by atoms with Crippen LogP contribution in [0.1, 0.15) is 11.8 Å². The van der Waals surface area contributed by atoms with Crippen LogP contribution in [0.5, 0.6) is 0 Å².